The average Bonchev–Trinajstić information content (AvgIpc) is 3.29. The van der Waals surface area contributed by atoms with Gasteiger partial charge in [0.15, 0.2) is 16.7 Å². The van der Waals surface area contributed by atoms with Gasteiger partial charge in [-0.05, 0) is 41.3 Å². The van der Waals surface area contributed by atoms with E-state index in [1.807, 2.05) is 29.6 Å². The fourth-order valence-corrected chi connectivity index (χ4v) is 4.77. The third-order valence-electron chi connectivity index (χ3n) is 4.77. The molecule has 1 N–H and O–H groups in total. The van der Waals surface area contributed by atoms with E-state index in [0.717, 1.165) is 17.3 Å². The van der Waals surface area contributed by atoms with Gasteiger partial charge < -0.3 is 14.8 Å². The van der Waals surface area contributed by atoms with Crippen molar-refractivity contribution in [3.63, 3.8) is 0 Å². The monoisotopic (exact) mass is 485 g/mol. The van der Waals surface area contributed by atoms with E-state index in [1.165, 1.54) is 30.6 Å². The van der Waals surface area contributed by atoms with Gasteiger partial charge in [-0.3, -0.25) is 14.2 Å². The van der Waals surface area contributed by atoms with Gasteiger partial charge in [-0.15, -0.1) is 11.3 Å². The van der Waals surface area contributed by atoms with E-state index < -0.39 is 5.82 Å². The zero-order valence-electron chi connectivity index (χ0n) is 17.8. The Bertz CT molecular complexity index is 1370. The number of hydrogen-bond donors (Lipinski definition) is 1. The topological polar surface area (TPSA) is 82.4 Å². The molecular weight excluding hydrogens is 465 g/mol. The van der Waals surface area contributed by atoms with Crippen LogP contribution in [0.5, 0.6) is 11.5 Å². The number of rotatable bonds is 8. The van der Waals surface area contributed by atoms with Crippen molar-refractivity contribution in [3.8, 4) is 11.5 Å². The van der Waals surface area contributed by atoms with Crippen LogP contribution in [0, 0.1) is 5.82 Å². The minimum Gasteiger partial charge on any atom is -0.497 e. The zero-order chi connectivity index (χ0) is 23.4. The number of halogens is 1. The first-order chi connectivity index (χ1) is 16.0. The van der Waals surface area contributed by atoms with Crippen LogP contribution in [0.4, 0.5) is 10.1 Å². The standard InChI is InChI=1S/C23H20FN3O4S2/c1-30-16-5-3-4-14(10-16)12-27-22(29)21-18(8-9-32-21)26-23(27)33-13-20(28)25-15-6-7-19(31-2)17(24)11-15/h3-11H,12-13H2,1-2H3,(H,25,28). The molecule has 0 fully saturated rings. The normalized spacial score (nSPS) is 10.9. The number of carbonyl (C=O) groups is 1. The quantitative estimate of drug-likeness (QED) is 0.294. The SMILES string of the molecule is COc1cccc(Cn2c(SCC(=O)Nc3ccc(OC)c(F)c3)nc3ccsc3c2=O)c1. The minimum atomic E-state index is -0.570. The summed E-state index contributed by atoms with van der Waals surface area (Å²) in [5.74, 6) is -0.145. The highest BCUT2D eigenvalue weighted by atomic mass is 32.2. The van der Waals surface area contributed by atoms with Crippen molar-refractivity contribution < 1.29 is 18.7 Å². The maximum Gasteiger partial charge on any atom is 0.272 e. The van der Waals surface area contributed by atoms with E-state index in [2.05, 4.69) is 10.3 Å². The molecule has 1 amide bonds. The van der Waals surface area contributed by atoms with Gasteiger partial charge >= 0.3 is 0 Å². The van der Waals surface area contributed by atoms with Crippen LogP contribution in [-0.4, -0.2) is 35.4 Å². The predicted molar refractivity (Wildman–Crippen MR) is 128 cm³/mol. The zero-order valence-corrected chi connectivity index (χ0v) is 19.5. The molecule has 33 heavy (non-hydrogen) atoms. The first-order valence-corrected chi connectivity index (χ1v) is 11.7. The largest absolute Gasteiger partial charge is 0.497 e. The molecule has 2 aromatic heterocycles. The molecule has 4 rings (SSSR count). The van der Waals surface area contributed by atoms with Gasteiger partial charge in [-0.25, -0.2) is 9.37 Å². The number of nitrogens with zero attached hydrogens (tertiary/aromatic N) is 2. The van der Waals surface area contributed by atoms with E-state index >= 15 is 0 Å². The molecule has 0 atom stereocenters. The number of aromatic nitrogens is 2. The molecule has 0 aliphatic rings. The van der Waals surface area contributed by atoms with Crippen LogP contribution in [0.3, 0.4) is 0 Å². The van der Waals surface area contributed by atoms with Crippen LogP contribution in [0.1, 0.15) is 5.56 Å². The lowest BCUT2D eigenvalue weighted by Gasteiger charge is -2.13. The van der Waals surface area contributed by atoms with Crippen molar-refractivity contribution in [3.05, 3.63) is 75.6 Å². The minimum absolute atomic E-state index is 0.00611. The molecule has 0 unspecified atom stereocenters. The number of carbonyl (C=O) groups excluding carboxylic acids is 1. The number of fused-ring (bicyclic) bond motifs is 1. The fourth-order valence-electron chi connectivity index (χ4n) is 3.20. The Morgan fingerprint density at radius 1 is 1.18 bits per heavy atom. The summed E-state index contributed by atoms with van der Waals surface area (Å²) in [7, 11) is 2.95. The van der Waals surface area contributed by atoms with E-state index in [4.69, 9.17) is 9.47 Å². The Balaban J connectivity index is 1.56. The van der Waals surface area contributed by atoms with Crippen molar-refractivity contribution in [2.45, 2.75) is 11.7 Å². The lowest BCUT2D eigenvalue weighted by Crippen LogP contribution is -2.24. The fraction of sp³-hybridized carbons (Fsp3) is 0.174. The number of methoxy groups -OCH3 is 2. The lowest BCUT2D eigenvalue weighted by molar-refractivity contribution is -0.113. The van der Waals surface area contributed by atoms with Gasteiger partial charge in [0.2, 0.25) is 5.91 Å². The van der Waals surface area contributed by atoms with Gasteiger partial charge in [0.25, 0.3) is 5.56 Å². The van der Waals surface area contributed by atoms with Crippen molar-refractivity contribution in [2.75, 3.05) is 25.3 Å². The molecule has 0 radical (unpaired) electrons. The van der Waals surface area contributed by atoms with Gasteiger partial charge in [0.05, 0.1) is 32.0 Å². The maximum absolute atomic E-state index is 13.9. The van der Waals surface area contributed by atoms with Crippen LogP contribution in [0.2, 0.25) is 0 Å². The van der Waals surface area contributed by atoms with Crippen LogP contribution in [-0.2, 0) is 11.3 Å². The van der Waals surface area contributed by atoms with Crippen molar-refractivity contribution in [1.82, 2.24) is 9.55 Å². The van der Waals surface area contributed by atoms with Crippen LogP contribution >= 0.6 is 23.1 Å². The molecule has 0 saturated heterocycles. The molecule has 0 saturated carbocycles. The van der Waals surface area contributed by atoms with Crippen molar-refractivity contribution in [2.24, 2.45) is 0 Å². The smallest absolute Gasteiger partial charge is 0.272 e. The van der Waals surface area contributed by atoms with E-state index in [9.17, 15) is 14.0 Å². The Hall–Kier alpha value is -3.37. The molecule has 4 aromatic rings. The first kappa shape index (κ1) is 22.8. The van der Waals surface area contributed by atoms with Crippen LogP contribution < -0.4 is 20.3 Å². The molecule has 2 heterocycles. The Kier molecular flexibility index (Phi) is 6.95. The number of nitrogens with one attached hydrogen (secondary N) is 1. The maximum atomic E-state index is 13.9. The van der Waals surface area contributed by atoms with Gasteiger partial charge in [-0.1, -0.05) is 23.9 Å². The summed E-state index contributed by atoms with van der Waals surface area (Å²) in [5, 5.41) is 4.89. The molecule has 0 aliphatic heterocycles. The average molecular weight is 486 g/mol. The summed E-state index contributed by atoms with van der Waals surface area (Å²) in [6.07, 6.45) is 0. The summed E-state index contributed by atoms with van der Waals surface area (Å²) >= 11 is 2.47. The number of ether oxygens (including phenoxy) is 2. The number of thioether (sulfide) groups is 1. The number of hydrogen-bond acceptors (Lipinski definition) is 7. The van der Waals surface area contributed by atoms with E-state index in [1.54, 1.807) is 23.8 Å². The molecule has 2 aromatic carbocycles. The Labute approximate surface area is 197 Å². The summed E-state index contributed by atoms with van der Waals surface area (Å²) in [6.45, 7) is 0.282. The summed E-state index contributed by atoms with van der Waals surface area (Å²) in [6, 6.07) is 13.4. The molecule has 7 nitrogen and oxygen atoms in total. The highest BCUT2D eigenvalue weighted by Crippen LogP contribution is 2.24. The summed E-state index contributed by atoms with van der Waals surface area (Å²) < 4.78 is 26.2. The van der Waals surface area contributed by atoms with Gasteiger partial charge in [0.1, 0.15) is 10.4 Å². The molecular formula is C23H20FN3O4S2. The second kappa shape index (κ2) is 10.1. The molecule has 0 bridgehead atoms. The third-order valence-corrected chi connectivity index (χ3v) is 6.64. The molecule has 0 spiro atoms. The first-order valence-electron chi connectivity index (χ1n) is 9.85. The molecule has 170 valence electrons. The lowest BCUT2D eigenvalue weighted by atomic mass is 10.2. The van der Waals surface area contributed by atoms with Gasteiger partial charge in [0, 0.05) is 11.8 Å². The number of anilines is 1. The van der Waals surface area contributed by atoms with Crippen LogP contribution in [0.15, 0.2) is 63.9 Å². The number of thiophene rings is 1. The van der Waals surface area contributed by atoms with E-state index in [0.29, 0.717) is 26.8 Å². The van der Waals surface area contributed by atoms with Gasteiger partial charge in [-0.2, -0.15) is 0 Å². The van der Waals surface area contributed by atoms with Crippen molar-refractivity contribution >= 4 is 44.9 Å². The summed E-state index contributed by atoms with van der Waals surface area (Å²) in [4.78, 5) is 30.2. The molecule has 0 aliphatic carbocycles. The Morgan fingerprint density at radius 2 is 2.03 bits per heavy atom. The van der Waals surface area contributed by atoms with E-state index in [-0.39, 0.29) is 29.5 Å². The molecule has 10 heteroatoms. The number of benzene rings is 2. The predicted octanol–water partition coefficient (Wildman–Crippen LogP) is 4.39. The second-order valence-corrected chi connectivity index (χ2v) is 8.82. The third kappa shape index (κ3) is 5.18. The Morgan fingerprint density at radius 3 is 2.79 bits per heavy atom. The second-order valence-electron chi connectivity index (χ2n) is 6.96. The summed E-state index contributed by atoms with van der Waals surface area (Å²) in [5.41, 5.74) is 1.60. The highest BCUT2D eigenvalue weighted by molar-refractivity contribution is 7.99. The van der Waals surface area contributed by atoms with Crippen LogP contribution in [0.25, 0.3) is 10.2 Å². The highest BCUT2D eigenvalue weighted by Gasteiger charge is 2.15. The van der Waals surface area contributed by atoms with Crippen molar-refractivity contribution in [1.29, 1.82) is 0 Å². The number of amides is 1.